The molecule has 0 radical (unpaired) electrons. The summed E-state index contributed by atoms with van der Waals surface area (Å²) in [5.41, 5.74) is 0. The number of unbranched alkanes of at least 4 members (excludes halogenated alkanes) is 6. The van der Waals surface area contributed by atoms with E-state index in [0.717, 1.165) is 0 Å². The van der Waals surface area contributed by atoms with Crippen molar-refractivity contribution < 1.29 is 87.8 Å². The van der Waals surface area contributed by atoms with Gasteiger partial charge in [-0.05, 0) is 12.8 Å². The summed E-state index contributed by atoms with van der Waals surface area (Å²) in [6, 6.07) is 0. The van der Waals surface area contributed by atoms with Crippen LogP contribution in [-0.4, -0.2) is 59.2 Å². The highest BCUT2D eigenvalue weighted by Gasteiger charge is 2.97. The third-order valence-corrected chi connectivity index (χ3v) is 6.37. The van der Waals surface area contributed by atoms with Crippen LogP contribution in [0.2, 0.25) is 0 Å². The van der Waals surface area contributed by atoms with Crippen molar-refractivity contribution in [2.24, 2.45) is 0 Å². The minimum atomic E-state index is -8.97. The van der Waals surface area contributed by atoms with Gasteiger partial charge in [-0.1, -0.05) is 52.4 Å². The number of halogens is 20. The van der Waals surface area contributed by atoms with Gasteiger partial charge in [0.05, 0.1) is 0 Å². The van der Waals surface area contributed by atoms with E-state index < -0.39 is 97.8 Å². The van der Waals surface area contributed by atoms with Crippen LogP contribution in [-0.2, 0) is 0 Å². The number of hydrogen-bond acceptors (Lipinski definition) is 0. The number of hydrogen-bond donors (Lipinski definition) is 0. The normalized spacial score (nSPS) is 15.9. The molecule has 0 atom stereocenters. The lowest BCUT2D eigenvalue weighted by Crippen LogP contribution is -2.77. The second-order valence-corrected chi connectivity index (χ2v) is 9.63. The summed E-state index contributed by atoms with van der Waals surface area (Å²) in [6.45, 7) is 2.77. The molecule has 0 amide bonds. The molecule has 0 aromatic carbocycles. The van der Waals surface area contributed by atoms with Gasteiger partial charge < -0.3 is 0 Å². The monoisotopic (exact) mass is 670 g/mol. The highest BCUT2D eigenvalue weighted by molar-refractivity contribution is 5.18. The molecule has 0 rings (SSSR count). The van der Waals surface area contributed by atoms with Crippen molar-refractivity contribution in [2.45, 2.75) is 137 Å². The molecule has 20 heteroatoms. The van der Waals surface area contributed by atoms with E-state index in [4.69, 9.17) is 0 Å². The molecule has 0 saturated carbocycles. The van der Waals surface area contributed by atoms with Crippen LogP contribution in [0.1, 0.15) is 78.1 Å². The molecule has 42 heavy (non-hydrogen) atoms. The Balaban J connectivity index is 6.72. The van der Waals surface area contributed by atoms with Crippen molar-refractivity contribution >= 4 is 0 Å². The highest BCUT2D eigenvalue weighted by atomic mass is 19.4. The van der Waals surface area contributed by atoms with Crippen LogP contribution in [0.5, 0.6) is 0 Å². The molecule has 0 aliphatic rings. The maximum atomic E-state index is 13.9. The number of rotatable bonds is 19. The van der Waals surface area contributed by atoms with Gasteiger partial charge in [-0.2, -0.15) is 87.8 Å². The Morgan fingerprint density at radius 2 is 0.452 bits per heavy atom. The maximum Gasteiger partial charge on any atom is 0.385 e. The minimum Gasteiger partial charge on any atom is -0.200 e. The summed E-state index contributed by atoms with van der Waals surface area (Å²) in [5, 5.41) is 0. The smallest absolute Gasteiger partial charge is 0.200 e. The standard InChI is InChI=1S/C22H26F20/c1-3-5-7-8-10-12-14(25,26)16(29,30)18(33,34)20(37,38)22(41,42)21(39,40)19(35,36)17(31,32)15(27,28)13(23,24)11-9-6-4-2/h3-12H2,1-2H3. The zero-order valence-corrected chi connectivity index (χ0v) is 21.6. The van der Waals surface area contributed by atoms with E-state index in [1.54, 1.807) is 6.92 Å². The van der Waals surface area contributed by atoms with Crippen LogP contribution in [0.15, 0.2) is 0 Å². The summed E-state index contributed by atoms with van der Waals surface area (Å²) >= 11 is 0. The van der Waals surface area contributed by atoms with E-state index in [2.05, 4.69) is 0 Å². The molecule has 0 N–H and O–H groups in total. The second-order valence-electron chi connectivity index (χ2n) is 9.63. The Hall–Kier alpha value is -1.40. The molecule has 0 aliphatic heterocycles. The van der Waals surface area contributed by atoms with E-state index in [9.17, 15) is 87.8 Å². The summed E-state index contributed by atoms with van der Waals surface area (Å²) in [4.78, 5) is 0. The van der Waals surface area contributed by atoms with Crippen molar-refractivity contribution in [2.75, 3.05) is 0 Å². The van der Waals surface area contributed by atoms with Crippen LogP contribution in [0.25, 0.3) is 0 Å². The van der Waals surface area contributed by atoms with Gasteiger partial charge >= 0.3 is 59.2 Å². The van der Waals surface area contributed by atoms with Gasteiger partial charge in [-0.25, -0.2) is 0 Å². The largest absolute Gasteiger partial charge is 0.385 e. The fraction of sp³-hybridized carbons (Fsp3) is 1.00. The third kappa shape index (κ3) is 6.23. The first kappa shape index (κ1) is 40.6. The first-order valence-electron chi connectivity index (χ1n) is 12.2. The molecule has 0 aromatic rings. The Labute approximate surface area is 226 Å². The summed E-state index contributed by atoms with van der Waals surface area (Å²) < 4.78 is 277. The van der Waals surface area contributed by atoms with E-state index in [1.165, 1.54) is 6.92 Å². The lowest BCUT2D eigenvalue weighted by Gasteiger charge is -2.45. The Bertz CT molecular complexity index is 860. The maximum absolute atomic E-state index is 13.9. The van der Waals surface area contributed by atoms with Gasteiger partial charge in [0.15, 0.2) is 0 Å². The lowest BCUT2D eigenvalue weighted by atomic mass is 9.84. The van der Waals surface area contributed by atoms with Gasteiger partial charge in [-0.3, -0.25) is 0 Å². The predicted octanol–water partition coefficient (Wildman–Crippen LogP) is 11.3. The molecule has 0 nitrogen and oxygen atoms in total. The molecule has 0 aliphatic carbocycles. The van der Waals surface area contributed by atoms with Crippen molar-refractivity contribution in [1.82, 2.24) is 0 Å². The summed E-state index contributed by atoms with van der Waals surface area (Å²) in [6.07, 6.45) is -7.67. The molecule has 0 heterocycles. The van der Waals surface area contributed by atoms with E-state index in [0.29, 0.717) is 6.42 Å². The van der Waals surface area contributed by atoms with Crippen molar-refractivity contribution in [3.8, 4) is 0 Å². The Morgan fingerprint density at radius 1 is 0.262 bits per heavy atom. The van der Waals surface area contributed by atoms with Crippen molar-refractivity contribution in [3.63, 3.8) is 0 Å². The summed E-state index contributed by atoms with van der Waals surface area (Å²) in [7, 11) is 0. The molecule has 0 saturated heterocycles. The molecule has 0 unspecified atom stereocenters. The SMILES string of the molecule is CCCCCCCC(F)(F)C(F)(F)C(F)(F)C(F)(F)C(F)(F)C(F)(F)C(F)(F)C(F)(F)C(F)(F)C(F)(F)CCCCC. The van der Waals surface area contributed by atoms with Gasteiger partial charge in [0.25, 0.3) is 0 Å². The molecular weight excluding hydrogens is 644 g/mol. The highest BCUT2D eigenvalue weighted by Crippen LogP contribution is 2.66. The first-order chi connectivity index (χ1) is 18.4. The first-order valence-corrected chi connectivity index (χ1v) is 12.2. The predicted molar refractivity (Wildman–Crippen MR) is 107 cm³/mol. The van der Waals surface area contributed by atoms with Crippen molar-refractivity contribution in [1.29, 1.82) is 0 Å². The molecular formula is C22H26F20. The second kappa shape index (κ2) is 12.5. The quantitative estimate of drug-likeness (QED) is 0.0948. The molecule has 0 aromatic heterocycles. The average molecular weight is 670 g/mol. The van der Waals surface area contributed by atoms with Crippen LogP contribution < -0.4 is 0 Å². The zero-order valence-electron chi connectivity index (χ0n) is 21.6. The van der Waals surface area contributed by atoms with Gasteiger partial charge in [0.1, 0.15) is 0 Å². The van der Waals surface area contributed by atoms with Crippen LogP contribution in [0.3, 0.4) is 0 Å². The fourth-order valence-electron chi connectivity index (χ4n) is 3.50. The fourth-order valence-corrected chi connectivity index (χ4v) is 3.50. The zero-order chi connectivity index (χ0) is 34.1. The number of alkyl halides is 20. The van der Waals surface area contributed by atoms with Crippen molar-refractivity contribution in [3.05, 3.63) is 0 Å². The summed E-state index contributed by atoms with van der Waals surface area (Å²) in [5.74, 6) is -80.8. The van der Waals surface area contributed by atoms with Crippen LogP contribution >= 0.6 is 0 Å². The van der Waals surface area contributed by atoms with E-state index in [1.807, 2.05) is 0 Å². The molecule has 0 bridgehead atoms. The van der Waals surface area contributed by atoms with Gasteiger partial charge in [-0.15, -0.1) is 0 Å². The van der Waals surface area contributed by atoms with E-state index in [-0.39, 0.29) is 19.3 Å². The van der Waals surface area contributed by atoms with Crippen LogP contribution in [0, 0.1) is 0 Å². The lowest BCUT2D eigenvalue weighted by molar-refractivity contribution is -0.469. The van der Waals surface area contributed by atoms with Crippen LogP contribution in [0.4, 0.5) is 87.8 Å². The Morgan fingerprint density at radius 3 is 0.714 bits per heavy atom. The van der Waals surface area contributed by atoms with E-state index >= 15 is 0 Å². The molecule has 0 spiro atoms. The average Bonchev–Trinajstić information content (AvgIpc) is 2.82. The molecule has 254 valence electrons. The minimum absolute atomic E-state index is 0.0133. The Kier molecular flexibility index (Phi) is 12.1. The third-order valence-electron chi connectivity index (χ3n) is 6.37. The molecule has 0 fully saturated rings. The topological polar surface area (TPSA) is 0 Å². The van der Waals surface area contributed by atoms with Gasteiger partial charge in [0.2, 0.25) is 0 Å². The van der Waals surface area contributed by atoms with Gasteiger partial charge in [0, 0.05) is 12.8 Å².